The van der Waals surface area contributed by atoms with Crippen LogP contribution in [0.3, 0.4) is 0 Å². The van der Waals surface area contributed by atoms with E-state index in [1.54, 1.807) is 25.3 Å². The third-order valence-electron chi connectivity index (χ3n) is 3.72. The molecule has 0 spiro atoms. The van der Waals surface area contributed by atoms with E-state index >= 15 is 0 Å². The summed E-state index contributed by atoms with van der Waals surface area (Å²) in [7, 11) is 0. The molecule has 1 aliphatic carbocycles. The molecule has 0 bridgehead atoms. The molecule has 0 saturated carbocycles. The summed E-state index contributed by atoms with van der Waals surface area (Å²) in [5.74, 6) is -0.831. The topological polar surface area (TPSA) is 77.4 Å². The number of carbonyl (C=O) groups excluding carboxylic acids is 2. The summed E-state index contributed by atoms with van der Waals surface area (Å²) in [6, 6.07) is 7.19. The van der Waals surface area contributed by atoms with Gasteiger partial charge in [0, 0.05) is 19.3 Å². The third kappa shape index (κ3) is 3.36. The summed E-state index contributed by atoms with van der Waals surface area (Å²) in [4.78, 5) is 24.5. The van der Waals surface area contributed by atoms with Gasteiger partial charge in [0.1, 0.15) is 12.0 Å². The molecule has 0 amide bonds. The van der Waals surface area contributed by atoms with E-state index in [0.717, 1.165) is 10.5 Å². The van der Waals surface area contributed by atoms with E-state index in [1.165, 1.54) is 0 Å². The molecule has 2 atom stereocenters. The number of Topliss-reactive ketones (excluding diaryl/α,β-unsaturated/α-hetero) is 2. The van der Waals surface area contributed by atoms with Crippen molar-refractivity contribution in [3.63, 3.8) is 0 Å². The largest absolute Gasteiger partial charge is 0.612 e. The fourth-order valence-electron chi connectivity index (χ4n) is 2.55. The number of aliphatic hydroxyl groups is 1. The van der Waals surface area contributed by atoms with Crippen molar-refractivity contribution in [3.8, 4) is 0 Å². The predicted molar refractivity (Wildman–Crippen MR) is 80.7 cm³/mol. The average molecular weight is 306 g/mol. The van der Waals surface area contributed by atoms with Crippen LogP contribution in [0, 0.1) is 0 Å². The van der Waals surface area contributed by atoms with Gasteiger partial charge < -0.3 is 9.66 Å². The van der Waals surface area contributed by atoms with Crippen molar-refractivity contribution in [3.05, 3.63) is 41.2 Å². The zero-order chi connectivity index (χ0) is 15.6. The molecule has 0 fully saturated rings. The van der Waals surface area contributed by atoms with Crippen LogP contribution in [-0.4, -0.2) is 27.5 Å². The minimum atomic E-state index is -1.04. The number of rotatable bonds is 4. The fourth-order valence-corrected chi connectivity index (χ4v) is 3.07. The highest BCUT2D eigenvalue weighted by Crippen LogP contribution is 2.34. The van der Waals surface area contributed by atoms with Gasteiger partial charge in [-0.05, 0) is 34.8 Å². The van der Waals surface area contributed by atoms with E-state index in [0.29, 0.717) is 6.42 Å². The molecule has 1 aromatic rings. The van der Waals surface area contributed by atoms with Crippen LogP contribution in [0.5, 0.6) is 0 Å². The number of benzene rings is 1. The van der Waals surface area contributed by atoms with Crippen molar-refractivity contribution in [1.82, 2.24) is 0 Å². The Morgan fingerprint density at radius 1 is 1.33 bits per heavy atom. The van der Waals surface area contributed by atoms with Crippen LogP contribution in [0.1, 0.15) is 37.7 Å². The number of aliphatic hydroxyl groups excluding tert-OH is 1. The second-order valence-corrected chi connectivity index (χ2v) is 6.53. The van der Waals surface area contributed by atoms with E-state index in [4.69, 9.17) is 0 Å². The second-order valence-electron chi connectivity index (χ2n) is 5.15. The maximum absolute atomic E-state index is 12.1. The molecule has 2 unspecified atom stereocenters. The van der Waals surface area contributed by atoms with Gasteiger partial charge in [0.2, 0.25) is 0 Å². The first-order valence-corrected chi connectivity index (χ1v) is 8.41. The van der Waals surface area contributed by atoms with Crippen LogP contribution in [-0.2, 0) is 20.8 Å². The predicted octanol–water partition coefficient (Wildman–Crippen LogP) is 2.66. The highest BCUT2D eigenvalue weighted by atomic mass is 32.2. The molecular weight excluding hydrogens is 288 g/mol. The van der Waals surface area contributed by atoms with E-state index in [2.05, 4.69) is 0 Å². The molecule has 0 saturated heterocycles. The molecule has 1 aromatic carbocycles. The molecule has 0 aromatic heterocycles. The summed E-state index contributed by atoms with van der Waals surface area (Å²) in [5.41, 5.74) is 0.882. The van der Waals surface area contributed by atoms with Crippen LogP contribution in [0.15, 0.2) is 40.5 Å². The molecule has 1 N–H and O–H groups in total. The number of hydrogen-bond donors (Lipinski definition) is 1. The molecular formula is C16H18O4S. The van der Waals surface area contributed by atoms with E-state index in [9.17, 15) is 19.2 Å². The van der Waals surface area contributed by atoms with E-state index in [-0.39, 0.29) is 41.7 Å². The third-order valence-corrected chi connectivity index (χ3v) is 4.66. The Labute approximate surface area is 127 Å². The minimum Gasteiger partial charge on any atom is -0.612 e. The Balaban J connectivity index is 2.23. The molecule has 4 nitrogen and oxygen atoms in total. The van der Waals surface area contributed by atoms with Crippen LogP contribution in [0.2, 0.25) is 0 Å². The summed E-state index contributed by atoms with van der Waals surface area (Å²) in [6.45, 7) is 1.67. The van der Waals surface area contributed by atoms with E-state index in [1.807, 2.05) is 12.1 Å². The van der Waals surface area contributed by atoms with Gasteiger partial charge in [-0.25, -0.2) is 0 Å². The summed E-state index contributed by atoms with van der Waals surface area (Å²) < 4.78 is 11.4. The maximum atomic E-state index is 12.1. The van der Waals surface area contributed by atoms with Gasteiger partial charge in [-0.3, -0.25) is 9.59 Å². The first-order valence-electron chi connectivity index (χ1n) is 6.86. The number of carbonyl (C=O) groups is 2. The van der Waals surface area contributed by atoms with Crippen LogP contribution >= 0.6 is 0 Å². The average Bonchev–Trinajstić information content (AvgIpc) is 2.46. The van der Waals surface area contributed by atoms with E-state index < -0.39 is 11.2 Å². The number of hydrogen-bond acceptors (Lipinski definition) is 4. The zero-order valence-electron chi connectivity index (χ0n) is 12.1. The SMILES string of the molecule is CCC(=O)C1=C(O)CC(c2ccc([S+](C)[O-])cc2)CC1=O. The van der Waals surface area contributed by atoms with Gasteiger partial charge in [0.25, 0.3) is 0 Å². The Kier molecular flexibility index (Phi) is 4.85. The Morgan fingerprint density at radius 3 is 2.43 bits per heavy atom. The van der Waals surface area contributed by atoms with Gasteiger partial charge in [0.15, 0.2) is 16.5 Å². The molecule has 0 aliphatic heterocycles. The highest BCUT2D eigenvalue weighted by molar-refractivity contribution is 7.90. The molecule has 112 valence electrons. The Hall–Kier alpha value is -1.59. The van der Waals surface area contributed by atoms with Crippen molar-refractivity contribution >= 4 is 22.7 Å². The minimum absolute atomic E-state index is 0.0277. The molecule has 21 heavy (non-hydrogen) atoms. The quantitative estimate of drug-likeness (QED) is 0.685. The normalized spacial score (nSPS) is 20.5. The van der Waals surface area contributed by atoms with Gasteiger partial charge in [-0.15, -0.1) is 0 Å². The van der Waals surface area contributed by atoms with Crippen LogP contribution < -0.4 is 0 Å². The lowest BCUT2D eigenvalue weighted by Crippen LogP contribution is -2.23. The van der Waals surface area contributed by atoms with Gasteiger partial charge in [0.05, 0.1) is 5.57 Å². The maximum Gasteiger partial charge on any atom is 0.170 e. The van der Waals surface area contributed by atoms with Crippen molar-refractivity contribution in [2.45, 2.75) is 37.0 Å². The summed E-state index contributed by atoms with van der Waals surface area (Å²) >= 11 is -1.04. The molecule has 0 heterocycles. The van der Waals surface area contributed by atoms with Gasteiger partial charge in [-0.1, -0.05) is 19.1 Å². The molecule has 0 radical (unpaired) electrons. The standard InChI is InChI=1S/C16H18O4S/c1-3-13(17)16-14(18)8-11(9-15(16)19)10-4-6-12(7-5-10)21(2)20/h4-7,11,18H,3,8-9H2,1-2H3. The Bertz CT molecular complexity index is 587. The Morgan fingerprint density at radius 2 is 1.95 bits per heavy atom. The summed E-state index contributed by atoms with van der Waals surface area (Å²) in [6.07, 6.45) is 2.34. The number of ketones is 2. The van der Waals surface area contributed by atoms with Crippen molar-refractivity contribution in [1.29, 1.82) is 0 Å². The molecule has 1 aliphatic rings. The van der Waals surface area contributed by atoms with Crippen LogP contribution in [0.25, 0.3) is 0 Å². The van der Waals surface area contributed by atoms with Crippen molar-refractivity contribution in [2.24, 2.45) is 0 Å². The lowest BCUT2D eigenvalue weighted by molar-refractivity contribution is -0.122. The van der Waals surface area contributed by atoms with Gasteiger partial charge in [-0.2, -0.15) is 0 Å². The van der Waals surface area contributed by atoms with Crippen molar-refractivity contribution in [2.75, 3.05) is 6.26 Å². The highest BCUT2D eigenvalue weighted by Gasteiger charge is 2.31. The lowest BCUT2D eigenvalue weighted by atomic mass is 9.81. The fraction of sp³-hybridized carbons (Fsp3) is 0.375. The van der Waals surface area contributed by atoms with Gasteiger partial charge >= 0.3 is 0 Å². The second kappa shape index (κ2) is 6.45. The first kappa shape index (κ1) is 15.8. The smallest absolute Gasteiger partial charge is 0.170 e. The zero-order valence-corrected chi connectivity index (χ0v) is 12.9. The monoisotopic (exact) mass is 306 g/mol. The summed E-state index contributed by atoms with van der Waals surface area (Å²) in [5, 5.41) is 10.0. The first-order chi connectivity index (χ1) is 9.93. The van der Waals surface area contributed by atoms with Crippen LogP contribution in [0.4, 0.5) is 0 Å². The molecule has 5 heteroatoms. The number of allylic oxidation sites excluding steroid dienone is 2. The lowest BCUT2D eigenvalue weighted by Gasteiger charge is -2.23. The molecule has 2 rings (SSSR count). The van der Waals surface area contributed by atoms with Crippen molar-refractivity contribution < 1.29 is 19.2 Å².